The summed E-state index contributed by atoms with van der Waals surface area (Å²) >= 11 is 0. The number of hydrogen-bond acceptors (Lipinski definition) is 4. The Kier molecular flexibility index (Phi) is 5.61. The smallest absolute Gasteiger partial charge is 0.126 e. The minimum Gasteiger partial charge on any atom is -0.492 e. The van der Waals surface area contributed by atoms with Gasteiger partial charge in [0.2, 0.25) is 0 Å². The first-order valence-electron chi connectivity index (χ1n) is 7.28. The maximum absolute atomic E-state index is 5.89. The Morgan fingerprint density at radius 1 is 1.47 bits per heavy atom. The average molecular weight is 263 g/mol. The van der Waals surface area contributed by atoms with E-state index in [9.17, 15) is 0 Å². The summed E-state index contributed by atoms with van der Waals surface area (Å²) in [4.78, 5) is 6.56. The van der Waals surface area contributed by atoms with Crippen molar-refractivity contribution in [2.45, 2.75) is 38.8 Å². The number of nitrogens with zero attached hydrogens (tertiary/aromatic N) is 2. The van der Waals surface area contributed by atoms with Crippen molar-refractivity contribution in [2.24, 2.45) is 0 Å². The molecule has 1 fully saturated rings. The van der Waals surface area contributed by atoms with Crippen molar-refractivity contribution in [1.82, 2.24) is 15.2 Å². The lowest BCUT2D eigenvalue weighted by molar-refractivity contribution is 0.230. The standard InChI is InChI=1S/C15H25N3O/c1-3-7-16-11-13-12-17-8-6-15(13)19-10-9-18(2)14-4-5-14/h6,8,12,14,16H,3-5,7,9-11H2,1-2H3. The zero-order chi connectivity index (χ0) is 13.5. The molecule has 4 nitrogen and oxygen atoms in total. The van der Waals surface area contributed by atoms with E-state index in [0.29, 0.717) is 0 Å². The zero-order valence-corrected chi connectivity index (χ0v) is 12.1. The van der Waals surface area contributed by atoms with Gasteiger partial charge in [-0.25, -0.2) is 0 Å². The molecule has 1 heterocycles. The van der Waals surface area contributed by atoms with Crippen LogP contribution in [0.5, 0.6) is 5.75 Å². The number of ether oxygens (including phenoxy) is 1. The molecule has 4 heteroatoms. The molecule has 0 saturated heterocycles. The molecule has 1 aliphatic carbocycles. The first kappa shape index (κ1) is 14.3. The fourth-order valence-electron chi connectivity index (χ4n) is 2.09. The molecule has 0 aromatic carbocycles. The molecule has 1 aliphatic rings. The van der Waals surface area contributed by atoms with E-state index in [4.69, 9.17) is 4.74 Å². The van der Waals surface area contributed by atoms with E-state index in [0.717, 1.165) is 50.0 Å². The van der Waals surface area contributed by atoms with E-state index >= 15 is 0 Å². The predicted octanol–water partition coefficient (Wildman–Crippen LogP) is 2.05. The maximum atomic E-state index is 5.89. The molecule has 0 bridgehead atoms. The van der Waals surface area contributed by atoms with E-state index in [2.05, 4.69) is 29.2 Å². The van der Waals surface area contributed by atoms with Gasteiger partial charge < -0.3 is 15.0 Å². The van der Waals surface area contributed by atoms with Crippen molar-refractivity contribution in [3.05, 3.63) is 24.0 Å². The Bertz CT molecular complexity index is 379. The Morgan fingerprint density at radius 3 is 3.05 bits per heavy atom. The molecule has 19 heavy (non-hydrogen) atoms. The van der Waals surface area contributed by atoms with Gasteiger partial charge >= 0.3 is 0 Å². The predicted molar refractivity (Wildman–Crippen MR) is 77.4 cm³/mol. The van der Waals surface area contributed by atoms with Crippen molar-refractivity contribution >= 4 is 0 Å². The van der Waals surface area contributed by atoms with Crippen LogP contribution in [0, 0.1) is 0 Å². The van der Waals surface area contributed by atoms with Crippen LogP contribution in [0.15, 0.2) is 18.5 Å². The molecule has 1 aromatic rings. The molecule has 0 unspecified atom stereocenters. The van der Waals surface area contributed by atoms with Gasteiger partial charge in [-0.1, -0.05) is 6.92 Å². The Labute approximate surface area is 116 Å². The van der Waals surface area contributed by atoms with Crippen LogP contribution in [-0.4, -0.2) is 42.7 Å². The van der Waals surface area contributed by atoms with Gasteiger partial charge in [0.15, 0.2) is 0 Å². The van der Waals surface area contributed by atoms with Crippen LogP contribution < -0.4 is 10.1 Å². The van der Waals surface area contributed by atoms with Crippen molar-refractivity contribution in [3.63, 3.8) is 0 Å². The molecule has 1 N–H and O–H groups in total. The van der Waals surface area contributed by atoms with Gasteiger partial charge in [-0.3, -0.25) is 4.98 Å². The van der Waals surface area contributed by atoms with E-state index in [-0.39, 0.29) is 0 Å². The number of aromatic nitrogens is 1. The van der Waals surface area contributed by atoms with Crippen LogP contribution in [0.1, 0.15) is 31.7 Å². The summed E-state index contributed by atoms with van der Waals surface area (Å²) in [5.74, 6) is 0.961. The van der Waals surface area contributed by atoms with Gasteiger partial charge in [-0.05, 0) is 38.9 Å². The molecule has 1 saturated carbocycles. The fourth-order valence-corrected chi connectivity index (χ4v) is 2.09. The topological polar surface area (TPSA) is 37.4 Å². The first-order chi connectivity index (χ1) is 9.31. The third kappa shape index (κ3) is 4.80. The van der Waals surface area contributed by atoms with Crippen molar-refractivity contribution in [3.8, 4) is 5.75 Å². The monoisotopic (exact) mass is 263 g/mol. The van der Waals surface area contributed by atoms with E-state index < -0.39 is 0 Å². The summed E-state index contributed by atoms with van der Waals surface area (Å²) in [6, 6.07) is 2.76. The molecule has 0 spiro atoms. The molecule has 1 aromatic heterocycles. The minimum atomic E-state index is 0.748. The van der Waals surface area contributed by atoms with Gasteiger partial charge in [0.05, 0.1) is 0 Å². The van der Waals surface area contributed by atoms with Crippen LogP contribution in [0.4, 0.5) is 0 Å². The van der Waals surface area contributed by atoms with E-state index in [1.54, 1.807) is 6.20 Å². The third-order valence-corrected chi connectivity index (χ3v) is 3.47. The van der Waals surface area contributed by atoms with Crippen LogP contribution in [-0.2, 0) is 6.54 Å². The quantitative estimate of drug-likeness (QED) is 0.692. The number of likely N-dealkylation sites (N-methyl/N-ethyl adjacent to an activating group) is 1. The Balaban J connectivity index is 1.77. The average Bonchev–Trinajstić information content (AvgIpc) is 3.25. The molecule has 2 rings (SSSR count). The highest BCUT2D eigenvalue weighted by Crippen LogP contribution is 2.25. The number of hydrogen-bond donors (Lipinski definition) is 1. The van der Waals surface area contributed by atoms with Crippen LogP contribution in [0.2, 0.25) is 0 Å². The van der Waals surface area contributed by atoms with Crippen LogP contribution in [0.25, 0.3) is 0 Å². The summed E-state index contributed by atoms with van der Waals surface area (Å²) in [7, 11) is 2.18. The van der Waals surface area contributed by atoms with E-state index in [1.165, 1.54) is 12.8 Å². The van der Waals surface area contributed by atoms with Crippen LogP contribution in [0.3, 0.4) is 0 Å². The fraction of sp³-hybridized carbons (Fsp3) is 0.667. The Hall–Kier alpha value is -1.13. The number of nitrogens with one attached hydrogen (secondary N) is 1. The molecule has 106 valence electrons. The third-order valence-electron chi connectivity index (χ3n) is 3.47. The van der Waals surface area contributed by atoms with Crippen molar-refractivity contribution in [2.75, 3.05) is 26.7 Å². The second-order valence-electron chi connectivity index (χ2n) is 5.22. The molecule has 0 atom stereocenters. The summed E-state index contributed by atoms with van der Waals surface area (Å²) in [5, 5.41) is 3.39. The first-order valence-corrected chi connectivity index (χ1v) is 7.28. The molecular weight excluding hydrogens is 238 g/mol. The lowest BCUT2D eigenvalue weighted by Gasteiger charge is -2.17. The number of rotatable bonds is 9. The molecule has 0 aliphatic heterocycles. The molecule has 0 radical (unpaired) electrons. The summed E-state index contributed by atoms with van der Waals surface area (Å²) in [6.45, 7) is 5.77. The summed E-state index contributed by atoms with van der Waals surface area (Å²) in [5.41, 5.74) is 1.14. The maximum Gasteiger partial charge on any atom is 0.126 e. The van der Waals surface area contributed by atoms with Gasteiger partial charge in [-0.2, -0.15) is 0 Å². The van der Waals surface area contributed by atoms with Gasteiger partial charge in [0, 0.05) is 37.1 Å². The Morgan fingerprint density at radius 2 is 2.32 bits per heavy atom. The van der Waals surface area contributed by atoms with Gasteiger partial charge in [-0.15, -0.1) is 0 Å². The second kappa shape index (κ2) is 7.46. The lowest BCUT2D eigenvalue weighted by atomic mass is 10.2. The van der Waals surface area contributed by atoms with Crippen LogP contribution >= 0.6 is 0 Å². The highest BCUT2D eigenvalue weighted by atomic mass is 16.5. The normalized spacial score (nSPS) is 14.9. The highest BCUT2D eigenvalue weighted by molar-refractivity contribution is 5.29. The number of pyridine rings is 1. The minimum absolute atomic E-state index is 0.748. The van der Waals surface area contributed by atoms with Crippen molar-refractivity contribution in [1.29, 1.82) is 0 Å². The summed E-state index contributed by atoms with van der Waals surface area (Å²) < 4.78 is 5.89. The second-order valence-corrected chi connectivity index (χ2v) is 5.22. The SMILES string of the molecule is CCCNCc1cnccc1OCCN(C)C1CC1. The van der Waals surface area contributed by atoms with Crippen molar-refractivity contribution < 1.29 is 4.74 Å². The molecular formula is C15H25N3O. The van der Waals surface area contributed by atoms with Gasteiger partial charge in [0.1, 0.15) is 12.4 Å². The molecule has 0 amide bonds. The van der Waals surface area contributed by atoms with E-state index in [1.807, 2.05) is 12.3 Å². The highest BCUT2D eigenvalue weighted by Gasteiger charge is 2.25. The summed E-state index contributed by atoms with van der Waals surface area (Å²) in [6.07, 6.45) is 7.52. The largest absolute Gasteiger partial charge is 0.492 e. The van der Waals surface area contributed by atoms with Gasteiger partial charge in [0.25, 0.3) is 0 Å². The lowest BCUT2D eigenvalue weighted by Crippen LogP contribution is -2.26. The zero-order valence-electron chi connectivity index (χ0n) is 12.1.